The van der Waals surface area contributed by atoms with Gasteiger partial charge in [-0.1, -0.05) is 27.7 Å². The molecule has 24 heavy (non-hydrogen) atoms. The summed E-state index contributed by atoms with van der Waals surface area (Å²) in [5, 5.41) is 11.0. The van der Waals surface area contributed by atoms with Crippen molar-refractivity contribution in [1.82, 2.24) is 5.32 Å². The largest absolute Gasteiger partial charge is 0.381 e. The van der Waals surface area contributed by atoms with Crippen LogP contribution in [0.25, 0.3) is 0 Å². The zero-order valence-electron chi connectivity index (χ0n) is 15.3. The van der Waals surface area contributed by atoms with Gasteiger partial charge in [-0.3, -0.25) is 9.59 Å². The highest BCUT2D eigenvalue weighted by Crippen LogP contribution is 2.05. The maximum Gasteiger partial charge on any atom is 0.264 e. The van der Waals surface area contributed by atoms with Gasteiger partial charge in [-0.2, -0.15) is 0 Å². The number of amides is 1. The van der Waals surface area contributed by atoms with Crippen molar-refractivity contribution in [2.24, 2.45) is 22.2 Å². The maximum atomic E-state index is 11.7. The maximum absolute atomic E-state index is 11.7. The molecule has 0 aliphatic carbocycles. The molecule has 0 spiro atoms. The summed E-state index contributed by atoms with van der Waals surface area (Å²) in [5.41, 5.74) is 0. The minimum atomic E-state index is -0.0504. The molecule has 1 heterocycles. The summed E-state index contributed by atoms with van der Waals surface area (Å²) < 4.78 is 7.11. The van der Waals surface area contributed by atoms with Crippen molar-refractivity contribution in [1.29, 1.82) is 0 Å². The van der Waals surface area contributed by atoms with E-state index in [0.29, 0.717) is 32.1 Å². The summed E-state index contributed by atoms with van der Waals surface area (Å²) in [6, 6.07) is -0.0415. The highest BCUT2D eigenvalue weighted by atomic mass is 16.5. The first-order valence-electron chi connectivity index (χ1n) is 8.78. The van der Waals surface area contributed by atoms with Crippen molar-refractivity contribution < 1.29 is 19.0 Å². The number of carbonyl (C=O) groups excluding carboxylic acids is 2. The topological polar surface area (TPSA) is 83.1 Å². The van der Waals surface area contributed by atoms with E-state index < -0.39 is 0 Å². The second kappa shape index (κ2) is 11.0. The highest BCUT2D eigenvalue weighted by molar-refractivity contribution is 5.80. The molecule has 0 saturated carbocycles. The van der Waals surface area contributed by atoms with Gasteiger partial charge in [-0.25, -0.2) is 0 Å². The van der Waals surface area contributed by atoms with Crippen LogP contribution in [-0.2, 0) is 14.3 Å². The van der Waals surface area contributed by atoms with Gasteiger partial charge in [-0.15, -0.1) is 4.68 Å². The quantitative estimate of drug-likeness (QED) is 0.436. The number of rotatable bonds is 12. The molecule has 7 heteroatoms. The Morgan fingerprint density at radius 1 is 1.25 bits per heavy atom. The van der Waals surface area contributed by atoms with Gasteiger partial charge in [0.05, 0.1) is 6.61 Å². The molecule has 0 radical (unpaired) electrons. The fourth-order valence-electron chi connectivity index (χ4n) is 2.07. The van der Waals surface area contributed by atoms with E-state index >= 15 is 0 Å². The van der Waals surface area contributed by atoms with E-state index in [0.717, 1.165) is 12.8 Å². The fraction of sp³-hybridized carbons (Fsp3) is 0.824. The molecule has 0 saturated heterocycles. The molecule has 0 bridgehead atoms. The van der Waals surface area contributed by atoms with Crippen LogP contribution in [0.2, 0.25) is 0 Å². The first-order chi connectivity index (χ1) is 11.4. The molecule has 1 aliphatic heterocycles. The van der Waals surface area contributed by atoms with Crippen LogP contribution < -0.4 is 5.32 Å². The molecular weight excluding hydrogens is 308 g/mol. The first kappa shape index (κ1) is 20.4. The summed E-state index contributed by atoms with van der Waals surface area (Å²) in [5.74, 6) is 0.759. The van der Waals surface area contributed by atoms with Gasteiger partial charge in [0.1, 0.15) is 17.2 Å². The van der Waals surface area contributed by atoms with E-state index in [1.165, 1.54) is 0 Å². The molecule has 1 N–H and O–H groups in total. The van der Waals surface area contributed by atoms with Crippen LogP contribution in [0.15, 0.2) is 10.3 Å². The van der Waals surface area contributed by atoms with E-state index in [-0.39, 0.29) is 30.2 Å². The minimum absolute atomic E-state index is 0.0415. The van der Waals surface area contributed by atoms with E-state index in [1.807, 2.05) is 20.1 Å². The Kier molecular flexibility index (Phi) is 9.37. The normalized spacial score (nSPS) is 16.8. The first-order valence-corrected chi connectivity index (χ1v) is 8.78. The number of carbonyl (C=O) groups is 2. The summed E-state index contributed by atoms with van der Waals surface area (Å²) in [6.45, 7) is 9.96. The van der Waals surface area contributed by atoms with E-state index in [9.17, 15) is 9.59 Å². The molecule has 7 nitrogen and oxygen atoms in total. The zero-order valence-corrected chi connectivity index (χ0v) is 15.3. The van der Waals surface area contributed by atoms with Crippen LogP contribution in [0.3, 0.4) is 0 Å². The molecule has 1 unspecified atom stereocenters. The summed E-state index contributed by atoms with van der Waals surface area (Å²) in [7, 11) is 0. The van der Waals surface area contributed by atoms with Crippen LogP contribution >= 0.6 is 0 Å². The van der Waals surface area contributed by atoms with Gasteiger partial charge in [0, 0.05) is 37.0 Å². The van der Waals surface area contributed by atoms with Crippen LogP contribution in [-0.4, -0.2) is 54.9 Å². The molecule has 0 aromatic rings. The summed E-state index contributed by atoms with van der Waals surface area (Å²) in [6.07, 6.45) is 3.91. The SMILES string of the molecule is CC(C)CNC(=O)C[N+]1=CC(CCOCCCC(=O)C(C)C)N=N1. The lowest BCUT2D eigenvalue weighted by atomic mass is 10.1. The Labute approximate surface area is 144 Å². The predicted octanol–water partition coefficient (Wildman–Crippen LogP) is 2.00. The van der Waals surface area contributed by atoms with E-state index in [1.54, 1.807) is 4.68 Å². The molecular formula is C17H31N4O3+. The van der Waals surface area contributed by atoms with Gasteiger partial charge in [0.25, 0.3) is 5.91 Å². The fourth-order valence-corrected chi connectivity index (χ4v) is 2.07. The predicted molar refractivity (Wildman–Crippen MR) is 92.2 cm³/mol. The third-order valence-electron chi connectivity index (χ3n) is 3.59. The lowest BCUT2D eigenvalue weighted by Crippen LogP contribution is -2.33. The third kappa shape index (κ3) is 8.86. The number of ether oxygens (including phenoxy) is 1. The molecule has 1 atom stereocenters. The Balaban J connectivity index is 2.11. The van der Waals surface area contributed by atoms with Gasteiger partial charge in [-0.05, 0) is 12.3 Å². The Morgan fingerprint density at radius 2 is 2.00 bits per heavy atom. The number of Topliss-reactive ketones (excluding diaryl/α,β-unsaturated/α-hetero) is 1. The number of nitrogens with one attached hydrogen (secondary N) is 1. The van der Waals surface area contributed by atoms with Crippen molar-refractivity contribution in [3.05, 3.63) is 0 Å². The highest BCUT2D eigenvalue weighted by Gasteiger charge is 2.23. The molecule has 1 rings (SSSR count). The van der Waals surface area contributed by atoms with Crippen molar-refractivity contribution in [3.63, 3.8) is 0 Å². The Morgan fingerprint density at radius 3 is 2.67 bits per heavy atom. The van der Waals surface area contributed by atoms with Crippen LogP contribution in [0.5, 0.6) is 0 Å². The van der Waals surface area contributed by atoms with Crippen LogP contribution in [0.4, 0.5) is 0 Å². The summed E-state index contributed by atoms with van der Waals surface area (Å²) in [4.78, 5) is 23.2. The summed E-state index contributed by atoms with van der Waals surface area (Å²) >= 11 is 0. The van der Waals surface area contributed by atoms with Crippen LogP contribution in [0, 0.1) is 11.8 Å². The average molecular weight is 339 g/mol. The van der Waals surface area contributed by atoms with Crippen molar-refractivity contribution >= 4 is 17.9 Å². The minimum Gasteiger partial charge on any atom is -0.381 e. The van der Waals surface area contributed by atoms with Crippen molar-refractivity contribution in [2.45, 2.75) is 53.0 Å². The van der Waals surface area contributed by atoms with Gasteiger partial charge in [0.2, 0.25) is 6.04 Å². The second-order valence-electron chi connectivity index (χ2n) is 6.84. The molecule has 136 valence electrons. The Hall–Kier alpha value is -1.63. The van der Waals surface area contributed by atoms with Gasteiger partial charge < -0.3 is 10.1 Å². The third-order valence-corrected chi connectivity index (χ3v) is 3.59. The van der Waals surface area contributed by atoms with Gasteiger partial charge >= 0.3 is 0 Å². The second-order valence-corrected chi connectivity index (χ2v) is 6.84. The number of ketones is 1. The number of hydrogen-bond acceptors (Lipinski definition) is 5. The lowest BCUT2D eigenvalue weighted by Gasteiger charge is -2.05. The number of hydrogen-bond donors (Lipinski definition) is 1. The molecule has 1 aliphatic rings. The number of nitrogens with zero attached hydrogens (tertiary/aromatic N) is 3. The Bertz CT molecular complexity index is 472. The molecule has 0 fully saturated rings. The zero-order chi connectivity index (χ0) is 17.9. The lowest BCUT2D eigenvalue weighted by molar-refractivity contribution is -0.520. The standard InChI is InChI=1S/C17H30N4O3/c1-13(2)10-18-17(23)12-21-11-15(19-20-21)7-9-24-8-5-6-16(22)14(3)4/h11,13-15H,5-10,12H2,1-4H3/p+1. The van der Waals surface area contributed by atoms with Gasteiger partial charge in [0.15, 0.2) is 6.54 Å². The molecule has 0 aromatic carbocycles. The van der Waals surface area contributed by atoms with E-state index in [2.05, 4.69) is 29.5 Å². The molecule has 1 amide bonds. The smallest absolute Gasteiger partial charge is 0.264 e. The van der Waals surface area contributed by atoms with E-state index in [4.69, 9.17) is 4.74 Å². The monoisotopic (exact) mass is 339 g/mol. The van der Waals surface area contributed by atoms with Crippen molar-refractivity contribution in [2.75, 3.05) is 26.3 Å². The van der Waals surface area contributed by atoms with Crippen LogP contribution in [0.1, 0.15) is 47.0 Å². The molecule has 0 aromatic heterocycles. The average Bonchev–Trinajstić information content (AvgIpc) is 2.95. The van der Waals surface area contributed by atoms with Crippen molar-refractivity contribution in [3.8, 4) is 0 Å².